The number of carbonyl (C=O) groups is 1. The number of piperazine rings is 1. The molecule has 114 valence electrons. The molecule has 0 radical (unpaired) electrons. The molecule has 22 heavy (non-hydrogen) atoms. The van der Waals surface area contributed by atoms with Gasteiger partial charge in [-0.1, -0.05) is 27.5 Å². The van der Waals surface area contributed by atoms with Gasteiger partial charge in [0.15, 0.2) is 5.82 Å². The van der Waals surface area contributed by atoms with E-state index in [1.54, 1.807) is 18.3 Å². The van der Waals surface area contributed by atoms with E-state index in [1.165, 1.54) is 0 Å². The molecule has 0 aliphatic carbocycles. The molecule has 1 aliphatic heterocycles. The second-order valence-electron chi connectivity index (χ2n) is 4.99. The third-order valence-corrected chi connectivity index (χ3v) is 4.43. The fourth-order valence-electron chi connectivity index (χ4n) is 2.43. The topological polar surface area (TPSA) is 49.3 Å². The van der Waals surface area contributed by atoms with Gasteiger partial charge < -0.3 is 9.80 Å². The van der Waals surface area contributed by atoms with E-state index in [4.69, 9.17) is 11.6 Å². The van der Waals surface area contributed by atoms with E-state index < -0.39 is 0 Å². The van der Waals surface area contributed by atoms with E-state index in [2.05, 4.69) is 31.0 Å². The smallest absolute Gasteiger partial charge is 0.255 e. The van der Waals surface area contributed by atoms with Gasteiger partial charge in [-0.3, -0.25) is 4.79 Å². The van der Waals surface area contributed by atoms with Crippen LogP contribution in [0.2, 0.25) is 5.02 Å². The Kier molecular flexibility index (Phi) is 4.59. The van der Waals surface area contributed by atoms with Crippen molar-refractivity contribution < 1.29 is 4.79 Å². The third-order valence-electron chi connectivity index (χ3n) is 3.61. The Labute approximate surface area is 142 Å². The summed E-state index contributed by atoms with van der Waals surface area (Å²) in [6.07, 6.45) is 1.65. The highest BCUT2D eigenvalue weighted by Gasteiger charge is 2.24. The fraction of sp³-hybridized carbons (Fsp3) is 0.267. The molecule has 1 aromatic heterocycles. The summed E-state index contributed by atoms with van der Waals surface area (Å²) >= 11 is 9.51. The van der Waals surface area contributed by atoms with Gasteiger partial charge in [0.05, 0.1) is 10.6 Å². The lowest BCUT2D eigenvalue weighted by Gasteiger charge is -2.35. The van der Waals surface area contributed by atoms with Gasteiger partial charge in [0.1, 0.15) is 0 Å². The molecule has 2 heterocycles. The molecule has 3 rings (SSSR count). The number of hydrogen-bond donors (Lipinski definition) is 0. The first-order chi connectivity index (χ1) is 10.6. The lowest BCUT2D eigenvalue weighted by Crippen LogP contribution is -2.49. The molecule has 1 saturated heterocycles. The van der Waals surface area contributed by atoms with Crippen LogP contribution < -0.4 is 4.90 Å². The van der Waals surface area contributed by atoms with Gasteiger partial charge in [0.25, 0.3) is 5.91 Å². The Bertz CT molecular complexity index is 674. The predicted octanol–water partition coefficient (Wildman–Crippen LogP) is 2.85. The first-order valence-electron chi connectivity index (χ1n) is 6.92. The maximum Gasteiger partial charge on any atom is 0.255 e. The molecule has 1 fully saturated rings. The van der Waals surface area contributed by atoms with Gasteiger partial charge in [-0.15, -0.1) is 5.10 Å². The molecule has 1 aromatic carbocycles. The third kappa shape index (κ3) is 3.23. The van der Waals surface area contributed by atoms with Gasteiger partial charge in [0, 0.05) is 36.8 Å². The highest BCUT2D eigenvalue weighted by Crippen LogP contribution is 2.23. The second-order valence-corrected chi connectivity index (χ2v) is 6.31. The average Bonchev–Trinajstić information content (AvgIpc) is 2.57. The number of hydrogen-bond acceptors (Lipinski definition) is 4. The minimum absolute atomic E-state index is 0.0369. The van der Waals surface area contributed by atoms with Crippen LogP contribution in [-0.4, -0.2) is 47.2 Å². The van der Waals surface area contributed by atoms with Crippen LogP contribution >= 0.6 is 27.5 Å². The largest absolute Gasteiger partial charge is 0.352 e. The Morgan fingerprint density at radius 1 is 1.18 bits per heavy atom. The number of anilines is 1. The van der Waals surface area contributed by atoms with Gasteiger partial charge in [0.2, 0.25) is 0 Å². The van der Waals surface area contributed by atoms with Crippen LogP contribution in [0.25, 0.3) is 0 Å². The summed E-state index contributed by atoms with van der Waals surface area (Å²) in [5, 5.41) is 8.47. The molecule has 0 N–H and O–H groups in total. The normalized spacial score (nSPS) is 15.0. The number of rotatable bonds is 2. The zero-order chi connectivity index (χ0) is 15.5. The first-order valence-corrected chi connectivity index (χ1v) is 8.09. The van der Waals surface area contributed by atoms with Crippen LogP contribution in [0, 0.1) is 0 Å². The summed E-state index contributed by atoms with van der Waals surface area (Å²) in [6, 6.07) is 9.11. The van der Waals surface area contributed by atoms with Crippen LogP contribution in [0.1, 0.15) is 10.4 Å². The minimum Gasteiger partial charge on any atom is -0.352 e. The number of carbonyl (C=O) groups excluding carboxylic acids is 1. The molecular weight excluding hydrogens is 368 g/mol. The van der Waals surface area contributed by atoms with Gasteiger partial charge in [-0.25, -0.2) is 0 Å². The van der Waals surface area contributed by atoms with Crippen molar-refractivity contribution in [3.63, 3.8) is 0 Å². The summed E-state index contributed by atoms with van der Waals surface area (Å²) in [4.78, 5) is 16.5. The fourth-order valence-corrected chi connectivity index (χ4v) is 2.99. The molecule has 1 amide bonds. The lowest BCUT2D eigenvalue weighted by molar-refractivity contribution is 0.0746. The molecule has 0 spiro atoms. The summed E-state index contributed by atoms with van der Waals surface area (Å²) in [5.41, 5.74) is 0.531. The van der Waals surface area contributed by atoms with Crippen LogP contribution in [0.3, 0.4) is 0 Å². The standard InChI is InChI=1S/C15H14BrClN4O/c16-11-3-4-13(17)12(10-11)15(22)21-8-6-20(7-9-21)14-2-1-5-18-19-14/h1-5,10H,6-9H2. The van der Waals surface area contributed by atoms with Crippen LogP contribution in [0.5, 0.6) is 0 Å². The molecule has 0 saturated carbocycles. The monoisotopic (exact) mass is 380 g/mol. The maximum atomic E-state index is 12.6. The quantitative estimate of drug-likeness (QED) is 0.802. The summed E-state index contributed by atoms with van der Waals surface area (Å²) in [5.74, 6) is 0.806. The van der Waals surface area contributed by atoms with Gasteiger partial charge >= 0.3 is 0 Å². The van der Waals surface area contributed by atoms with Gasteiger partial charge in [-0.2, -0.15) is 5.10 Å². The molecule has 0 unspecified atom stereocenters. The van der Waals surface area contributed by atoms with Crippen molar-refractivity contribution in [2.45, 2.75) is 0 Å². The highest BCUT2D eigenvalue weighted by atomic mass is 79.9. The van der Waals surface area contributed by atoms with Crippen molar-refractivity contribution in [1.29, 1.82) is 0 Å². The number of amides is 1. The molecule has 0 bridgehead atoms. The van der Waals surface area contributed by atoms with Crippen LogP contribution in [0.4, 0.5) is 5.82 Å². The number of benzene rings is 1. The molecular formula is C15H14BrClN4O. The van der Waals surface area contributed by atoms with Crippen molar-refractivity contribution in [3.05, 3.63) is 51.6 Å². The Hall–Kier alpha value is -1.66. The van der Waals surface area contributed by atoms with E-state index in [0.717, 1.165) is 23.4 Å². The lowest BCUT2D eigenvalue weighted by atomic mass is 10.2. The molecule has 0 atom stereocenters. The highest BCUT2D eigenvalue weighted by molar-refractivity contribution is 9.10. The molecule has 2 aromatic rings. The molecule has 1 aliphatic rings. The van der Waals surface area contributed by atoms with Crippen molar-refractivity contribution in [2.75, 3.05) is 31.1 Å². The Morgan fingerprint density at radius 2 is 1.95 bits per heavy atom. The minimum atomic E-state index is -0.0369. The SMILES string of the molecule is O=C(c1cc(Br)ccc1Cl)N1CCN(c2cccnn2)CC1. The summed E-state index contributed by atoms with van der Waals surface area (Å²) < 4.78 is 0.846. The predicted molar refractivity (Wildman–Crippen MR) is 89.3 cm³/mol. The Balaban J connectivity index is 1.68. The first kappa shape index (κ1) is 15.2. The van der Waals surface area contributed by atoms with Crippen molar-refractivity contribution in [3.8, 4) is 0 Å². The van der Waals surface area contributed by atoms with Crippen LogP contribution in [-0.2, 0) is 0 Å². The average molecular weight is 382 g/mol. The van der Waals surface area contributed by atoms with Crippen molar-refractivity contribution in [2.24, 2.45) is 0 Å². The summed E-state index contributed by atoms with van der Waals surface area (Å²) in [7, 11) is 0. The number of nitrogens with zero attached hydrogens (tertiary/aromatic N) is 4. The molecule has 5 nitrogen and oxygen atoms in total. The van der Waals surface area contributed by atoms with E-state index in [9.17, 15) is 4.79 Å². The molecule has 7 heteroatoms. The van der Waals surface area contributed by atoms with Crippen molar-refractivity contribution in [1.82, 2.24) is 15.1 Å². The van der Waals surface area contributed by atoms with E-state index in [1.807, 2.05) is 23.1 Å². The zero-order valence-corrected chi connectivity index (χ0v) is 14.1. The van der Waals surface area contributed by atoms with Gasteiger partial charge in [-0.05, 0) is 30.3 Å². The summed E-state index contributed by atoms with van der Waals surface area (Å²) in [6.45, 7) is 2.74. The maximum absolute atomic E-state index is 12.6. The van der Waals surface area contributed by atoms with Crippen LogP contribution in [0.15, 0.2) is 41.0 Å². The van der Waals surface area contributed by atoms with E-state index >= 15 is 0 Å². The number of aromatic nitrogens is 2. The zero-order valence-electron chi connectivity index (χ0n) is 11.7. The van der Waals surface area contributed by atoms with E-state index in [-0.39, 0.29) is 5.91 Å². The second kappa shape index (κ2) is 6.62. The number of halogens is 2. The van der Waals surface area contributed by atoms with E-state index in [0.29, 0.717) is 23.7 Å². The Morgan fingerprint density at radius 3 is 2.64 bits per heavy atom. The van der Waals surface area contributed by atoms with Crippen molar-refractivity contribution >= 4 is 39.3 Å².